The number of carbonyl (C=O) groups excluding carboxylic acids is 3. The van der Waals surface area contributed by atoms with Crippen LogP contribution in [0.2, 0.25) is 0 Å². The molecule has 0 bridgehead atoms. The highest BCUT2D eigenvalue weighted by Crippen LogP contribution is 2.32. The first-order valence-electron chi connectivity index (χ1n) is 13.7. The first kappa shape index (κ1) is 28.3. The lowest BCUT2D eigenvalue weighted by Gasteiger charge is -2.46. The Morgan fingerprint density at radius 2 is 2.07 bits per heavy atom. The van der Waals surface area contributed by atoms with E-state index in [-0.39, 0.29) is 56.8 Å². The second-order valence-corrected chi connectivity index (χ2v) is 11.4. The Bertz CT molecular complexity index is 1660. The van der Waals surface area contributed by atoms with Crippen LogP contribution in [-0.2, 0) is 29.1 Å². The molecule has 6 rings (SSSR count). The molecule has 0 saturated carbocycles. The molecule has 0 spiro atoms. The second-order valence-electron chi connectivity index (χ2n) is 10.4. The number of anilines is 1. The van der Waals surface area contributed by atoms with Crippen molar-refractivity contribution in [1.82, 2.24) is 40.1 Å². The molecule has 4 aromatic rings. The first-order chi connectivity index (χ1) is 20.8. The first-order valence-corrected chi connectivity index (χ1v) is 14.5. The highest BCUT2D eigenvalue weighted by molar-refractivity contribution is 7.22. The van der Waals surface area contributed by atoms with E-state index in [0.29, 0.717) is 10.8 Å². The standard InChI is InChI=1S/C29H30FN9O3S/c1-2-10-37(29(42)33-12-18-6-8-20(30)9-7-18)38-16-25(40)39-22(11-21-13-32-17-34-21)27(41)36(15-24(38)39)14-19-4-3-5-23-26(19)35-28(31)43-23/h2-9,13,17,22,24H,1,10-12,14-16H2,(H2,31,35)(H,32,34)(H,33,42)/t22-,24+/m0/s1. The molecule has 0 aliphatic carbocycles. The minimum atomic E-state index is -0.815. The van der Waals surface area contributed by atoms with Gasteiger partial charge in [0.2, 0.25) is 11.8 Å². The normalized spacial score (nSPS) is 18.7. The number of hydrogen-bond acceptors (Lipinski definition) is 8. The molecule has 4 N–H and O–H groups in total. The smallest absolute Gasteiger partial charge is 0.332 e. The lowest BCUT2D eigenvalue weighted by molar-refractivity contribution is -0.157. The summed E-state index contributed by atoms with van der Waals surface area (Å²) in [5, 5.41) is 6.41. The number of imidazole rings is 1. The largest absolute Gasteiger partial charge is 0.375 e. The monoisotopic (exact) mass is 603 g/mol. The third kappa shape index (κ3) is 5.66. The van der Waals surface area contributed by atoms with E-state index < -0.39 is 18.2 Å². The third-order valence-electron chi connectivity index (χ3n) is 7.62. The molecule has 2 aromatic carbocycles. The van der Waals surface area contributed by atoms with Gasteiger partial charge in [-0.05, 0) is 29.3 Å². The Balaban J connectivity index is 1.29. The number of nitrogens with one attached hydrogen (secondary N) is 2. The minimum Gasteiger partial charge on any atom is -0.375 e. The highest BCUT2D eigenvalue weighted by atomic mass is 32.1. The van der Waals surface area contributed by atoms with Crippen molar-refractivity contribution in [2.24, 2.45) is 0 Å². The lowest BCUT2D eigenvalue weighted by atomic mass is 10.0. The molecule has 2 atom stereocenters. The summed E-state index contributed by atoms with van der Waals surface area (Å²) in [6.07, 6.45) is 4.35. The van der Waals surface area contributed by atoms with Gasteiger partial charge in [0.05, 0.1) is 36.2 Å². The summed E-state index contributed by atoms with van der Waals surface area (Å²) in [5.74, 6) is -0.843. The summed E-state index contributed by atoms with van der Waals surface area (Å²) in [5.41, 5.74) is 8.98. The zero-order chi connectivity index (χ0) is 30.1. The van der Waals surface area contributed by atoms with Gasteiger partial charge in [-0.3, -0.25) is 14.6 Å². The molecule has 2 saturated heterocycles. The zero-order valence-corrected chi connectivity index (χ0v) is 24.0. The Hall–Kier alpha value is -4.82. The summed E-state index contributed by atoms with van der Waals surface area (Å²) in [7, 11) is 0. The molecule has 222 valence electrons. The number of hydrogen-bond donors (Lipinski definition) is 3. The highest BCUT2D eigenvalue weighted by Gasteiger charge is 2.52. The van der Waals surface area contributed by atoms with Crippen LogP contribution < -0.4 is 11.1 Å². The van der Waals surface area contributed by atoms with Gasteiger partial charge in [0.1, 0.15) is 18.0 Å². The topological polar surface area (TPSA) is 144 Å². The second kappa shape index (κ2) is 11.8. The van der Waals surface area contributed by atoms with Crippen LogP contribution in [0.5, 0.6) is 0 Å². The van der Waals surface area contributed by atoms with Gasteiger partial charge >= 0.3 is 6.03 Å². The predicted molar refractivity (Wildman–Crippen MR) is 158 cm³/mol. The van der Waals surface area contributed by atoms with E-state index >= 15 is 0 Å². The van der Waals surface area contributed by atoms with Crippen molar-refractivity contribution in [1.29, 1.82) is 0 Å². The van der Waals surface area contributed by atoms with Crippen molar-refractivity contribution in [3.8, 4) is 0 Å². The van der Waals surface area contributed by atoms with E-state index in [0.717, 1.165) is 21.3 Å². The van der Waals surface area contributed by atoms with Gasteiger partial charge in [-0.25, -0.2) is 19.2 Å². The molecule has 2 aromatic heterocycles. The molecule has 0 radical (unpaired) electrons. The number of thiazole rings is 1. The molecule has 43 heavy (non-hydrogen) atoms. The van der Waals surface area contributed by atoms with Crippen molar-refractivity contribution in [2.45, 2.75) is 31.7 Å². The molecule has 4 amide bonds. The number of aromatic amines is 1. The van der Waals surface area contributed by atoms with Gasteiger partial charge in [0.25, 0.3) is 0 Å². The van der Waals surface area contributed by atoms with Gasteiger partial charge < -0.3 is 25.8 Å². The van der Waals surface area contributed by atoms with Crippen LogP contribution in [0.3, 0.4) is 0 Å². The number of carbonyl (C=O) groups is 3. The predicted octanol–water partition coefficient (Wildman–Crippen LogP) is 2.48. The molecular formula is C29H30FN9O3S. The number of nitrogens with zero attached hydrogens (tertiary/aromatic N) is 6. The lowest BCUT2D eigenvalue weighted by Crippen LogP contribution is -2.66. The maximum absolute atomic E-state index is 14.0. The van der Waals surface area contributed by atoms with Crippen LogP contribution in [0.15, 0.2) is 67.6 Å². The number of aromatic nitrogens is 3. The number of fused-ring (bicyclic) bond motifs is 2. The number of piperazine rings is 1. The number of hydrazine groups is 1. The van der Waals surface area contributed by atoms with Crippen LogP contribution in [0.4, 0.5) is 14.3 Å². The van der Waals surface area contributed by atoms with Crippen LogP contribution in [0.25, 0.3) is 10.2 Å². The average Bonchev–Trinajstić information content (AvgIpc) is 3.72. The van der Waals surface area contributed by atoms with E-state index in [1.54, 1.807) is 39.2 Å². The fourth-order valence-electron chi connectivity index (χ4n) is 5.65. The van der Waals surface area contributed by atoms with Gasteiger partial charge in [0.15, 0.2) is 5.13 Å². The Morgan fingerprint density at radius 1 is 1.26 bits per heavy atom. The third-order valence-corrected chi connectivity index (χ3v) is 8.47. The summed E-state index contributed by atoms with van der Waals surface area (Å²) >= 11 is 1.38. The number of para-hydroxylation sites is 1. The summed E-state index contributed by atoms with van der Waals surface area (Å²) in [6.45, 7) is 4.42. The van der Waals surface area contributed by atoms with Crippen molar-refractivity contribution >= 4 is 44.5 Å². The Kier molecular flexibility index (Phi) is 7.78. The number of amides is 4. The Morgan fingerprint density at radius 3 is 2.81 bits per heavy atom. The van der Waals surface area contributed by atoms with E-state index in [4.69, 9.17) is 5.73 Å². The van der Waals surface area contributed by atoms with Gasteiger partial charge in [-0.15, -0.1) is 6.58 Å². The number of nitrogens with two attached hydrogens (primary N) is 1. The van der Waals surface area contributed by atoms with Crippen molar-refractivity contribution in [2.75, 3.05) is 25.4 Å². The molecule has 2 fully saturated rings. The number of H-pyrrole nitrogens is 1. The van der Waals surface area contributed by atoms with E-state index in [9.17, 15) is 18.8 Å². The van der Waals surface area contributed by atoms with Gasteiger partial charge in [-0.2, -0.15) is 5.01 Å². The Labute approximate surface area is 250 Å². The van der Waals surface area contributed by atoms with E-state index in [1.807, 2.05) is 18.2 Å². The number of benzene rings is 2. The number of urea groups is 1. The maximum atomic E-state index is 14.0. The van der Waals surface area contributed by atoms with Crippen molar-refractivity contribution < 1.29 is 18.8 Å². The van der Waals surface area contributed by atoms with Crippen molar-refractivity contribution in [3.63, 3.8) is 0 Å². The van der Waals surface area contributed by atoms with E-state index in [2.05, 4.69) is 26.8 Å². The zero-order valence-electron chi connectivity index (χ0n) is 23.1. The molecule has 2 aliphatic heterocycles. The molecule has 4 heterocycles. The summed E-state index contributed by atoms with van der Waals surface area (Å²) in [4.78, 5) is 55.9. The number of halogens is 1. The van der Waals surface area contributed by atoms with E-state index in [1.165, 1.54) is 34.8 Å². The van der Waals surface area contributed by atoms with Crippen LogP contribution in [-0.4, -0.2) is 84.5 Å². The van der Waals surface area contributed by atoms with Crippen LogP contribution >= 0.6 is 11.3 Å². The quantitative estimate of drug-likeness (QED) is 0.250. The SMILES string of the molecule is C=CCN(C(=O)NCc1ccc(F)cc1)N1CC(=O)N2[C@@H](Cc3cnc[nH]3)C(=O)N(Cc3cccc4sc(N)nc34)C[C@@H]21. The molecule has 14 heteroatoms. The van der Waals surface area contributed by atoms with Crippen LogP contribution in [0.1, 0.15) is 16.8 Å². The van der Waals surface area contributed by atoms with Gasteiger partial charge in [-0.1, -0.05) is 41.7 Å². The minimum absolute atomic E-state index is 0.0960. The molecule has 0 unspecified atom stereocenters. The molecular weight excluding hydrogens is 573 g/mol. The van der Waals surface area contributed by atoms with Crippen molar-refractivity contribution in [3.05, 3.63) is 90.3 Å². The molecule has 2 aliphatic rings. The van der Waals surface area contributed by atoms with Gasteiger partial charge in [0, 0.05) is 31.4 Å². The molecule has 12 nitrogen and oxygen atoms in total. The number of nitrogen functional groups attached to an aromatic ring is 1. The fourth-order valence-corrected chi connectivity index (χ4v) is 6.43. The maximum Gasteiger partial charge on any atom is 0.332 e. The average molecular weight is 604 g/mol. The summed E-state index contributed by atoms with van der Waals surface area (Å²) < 4.78 is 14.3. The number of rotatable bonds is 9. The fraction of sp³-hybridized carbons (Fsp3) is 0.276. The summed E-state index contributed by atoms with van der Waals surface area (Å²) in [6, 6.07) is 10.3. The van der Waals surface area contributed by atoms with Crippen LogP contribution in [0, 0.1) is 5.82 Å².